The molecule has 1 aliphatic rings. The van der Waals surface area contributed by atoms with Crippen LogP contribution in [0.15, 0.2) is 6.33 Å². The first kappa shape index (κ1) is 8.31. The van der Waals surface area contributed by atoms with Crippen molar-refractivity contribution in [1.29, 1.82) is 0 Å². The van der Waals surface area contributed by atoms with Crippen LogP contribution in [0, 0.1) is 0 Å². The van der Waals surface area contributed by atoms with E-state index in [1.54, 1.807) is 22.2 Å². The number of hydrogen-bond donors (Lipinski definition) is 1. The van der Waals surface area contributed by atoms with Gasteiger partial charge in [-0.25, -0.2) is 0 Å². The van der Waals surface area contributed by atoms with E-state index >= 15 is 0 Å². The molecule has 5 nitrogen and oxygen atoms in total. The van der Waals surface area contributed by atoms with Crippen LogP contribution in [0.1, 0.15) is 30.2 Å². The van der Waals surface area contributed by atoms with Gasteiger partial charge in [0.15, 0.2) is 0 Å². The van der Waals surface area contributed by atoms with Crippen LogP contribution in [0.3, 0.4) is 0 Å². The maximum atomic E-state index is 5.87. The van der Waals surface area contributed by atoms with Gasteiger partial charge in [0.2, 0.25) is 4.96 Å². The lowest BCUT2D eigenvalue weighted by molar-refractivity contribution is 0.662. The van der Waals surface area contributed by atoms with Crippen LogP contribution >= 0.6 is 11.3 Å². The maximum absolute atomic E-state index is 5.87. The largest absolute Gasteiger partial charge is 0.328 e. The van der Waals surface area contributed by atoms with Gasteiger partial charge in [-0.15, -0.1) is 10.2 Å². The zero-order valence-electron chi connectivity index (χ0n) is 7.63. The summed E-state index contributed by atoms with van der Waals surface area (Å²) in [6, 6.07) is 0.356. The van der Waals surface area contributed by atoms with Gasteiger partial charge in [0, 0.05) is 12.0 Å². The highest BCUT2D eigenvalue weighted by Crippen LogP contribution is 2.35. The average Bonchev–Trinajstić information content (AvgIpc) is 2.75. The summed E-state index contributed by atoms with van der Waals surface area (Å²) >= 11 is 1.63. The highest BCUT2D eigenvalue weighted by atomic mass is 32.1. The fourth-order valence-electron chi connectivity index (χ4n) is 1.98. The molecular weight excluding hydrogens is 198 g/mol. The number of rotatable bonds is 1. The van der Waals surface area contributed by atoms with Gasteiger partial charge in [0.25, 0.3) is 0 Å². The molecule has 0 radical (unpaired) electrons. The maximum Gasteiger partial charge on any atom is 0.234 e. The lowest BCUT2D eigenvalue weighted by atomic mass is 10.1. The highest BCUT2D eigenvalue weighted by Gasteiger charge is 2.26. The van der Waals surface area contributed by atoms with E-state index in [2.05, 4.69) is 15.3 Å². The van der Waals surface area contributed by atoms with Crippen molar-refractivity contribution in [2.45, 2.75) is 31.2 Å². The molecule has 6 heteroatoms. The van der Waals surface area contributed by atoms with Crippen molar-refractivity contribution < 1.29 is 0 Å². The van der Waals surface area contributed by atoms with Crippen molar-refractivity contribution in [2.75, 3.05) is 0 Å². The van der Waals surface area contributed by atoms with Gasteiger partial charge in [-0.3, -0.25) is 0 Å². The van der Waals surface area contributed by atoms with E-state index in [-0.39, 0.29) is 0 Å². The molecule has 1 fully saturated rings. The Balaban J connectivity index is 1.94. The second-order valence-electron chi connectivity index (χ2n) is 3.77. The molecule has 2 N–H and O–H groups in total. The monoisotopic (exact) mass is 209 g/mol. The minimum absolute atomic E-state index is 0.356. The lowest BCUT2D eigenvalue weighted by Gasteiger charge is -2.02. The highest BCUT2D eigenvalue weighted by molar-refractivity contribution is 7.16. The number of hydrogen-bond acceptors (Lipinski definition) is 5. The summed E-state index contributed by atoms with van der Waals surface area (Å²) in [7, 11) is 0. The zero-order valence-corrected chi connectivity index (χ0v) is 8.44. The summed E-state index contributed by atoms with van der Waals surface area (Å²) in [5, 5.41) is 13.3. The standard InChI is InChI=1S/C8H11N5S/c9-6-2-1-5(3-6)7-12-13-4-10-11-8(13)14-7/h4-6H,1-3,9H2/t5-,6+/m1/s1. The molecule has 2 aromatic rings. The quantitative estimate of drug-likeness (QED) is 0.753. The summed E-state index contributed by atoms with van der Waals surface area (Å²) in [4.78, 5) is 0.875. The topological polar surface area (TPSA) is 69.1 Å². The summed E-state index contributed by atoms with van der Waals surface area (Å²) in [6.07, 6.45) is 4.98. The molecule has 1 saturated carbocycles. The van der Waals surface area contributed by atoms with Crippen LogP contribution in [0.4, 0.5) is 0 Å². The molecular formula is C8H11N5S. The van der Waals surface area contributed by atoms with Gasteiger partial charge in [0.1, 0.15) is 11.3 Å². The molecule has 0 aliphatic heterocycles. The number of nitrogens with zero attached hydrogens (tertiary/aromatic N) is 4. The Morgan fingerprint density at radius 1 is 1.50 bits per heavy atom. The molecule has 2 aromatic heterocycles. The van der Waals surface area contributed by atoms with Crippen LogP contribution in [-0.4, -0.2) is 25.9 Å². The van der Waals surface area contributed by atoms with Crippen LogP contribution in [-0.2, 0) is 0 Å². The Hall–Kier alpha value is -1.01. The van der Waals surface area contributed by atoms with Crippen LogP contribution in [0.25, 0.3) is 4.96 Å². The Morgan fingerprint density at radius 3 is 3.14 bits per heavy atom. The zero-order chi connectivity index (χ0) is 9.54. The minimum Gasteiger partial charge on any atom is -0.328 e. The van der Waals surface area contributed by atoms with Gasteiger partial charge < -0.3 is 5.73 Å². The second kappa shape index (κ2) is 2.99. The summed E-state index contributed by atoms with van der Waals surface area (Å²) in [5.74, 6) is 0.539. The molecule has 0 unspecified atom stereocenters. The molecule has 2 atom stereocenters. The molecule has 1 aliphatic carbocycles. The van der Waals surface area contributed by atoms with Crippen molar-refractivity contribution in [2.24, 2.45) is 5.73 Å². The van der Waals surface area contributed by atoms with Gasteiger partial charge >= 0.3 is 0 Å². The Labute approximate surface area is 84.9 Å². The van der Waals surface area contributed by atoms with E-state index in [4.69, 9.17) is 5.73 Å². The number of aromatic nitrogens is 4. The first-order valence-electron chi connectivity index (χ1n) is 4.75. The Morgan fingerprint density at radius 2 is 2.43 bits per heavy atom. The van der Waals surface area contributed by atoms with E-state index in [9.17, 15) is 0 Å². The number of fused-ring (bicyclic) bond motifs is 1. The molecule has 14 heavy (non-hydrogen) atoms. The van der Waals surface area contributed by atoms with E-state index in [1.807, 2.05) is 0 Å². The molecule has 3 rings (SSSR count). The number of nitrogens with two attached hydrogens (primary N) is 1. The normalized spacial score (nSPS) is 27.5. The predicted molar refractivity (Wildman–Crippen MR) is 53.2 cm³/mol. The second-order valence-corrected chi connectivity index (χ2v) is 4.76. The first-order chi connectivity index (χ1) is 6.83. The smallest absolute Gasteiger partial charge is 0.234 e. The average molecular weight is 209 g/mol. The Bertz CT molecular complexity index is 419. The fourth-order valence-corrected chi connectivity index (χ4v) is 2.95. The van der Waals surface area contributed by atoms with Gasteiger partial charge in [-0.2, -0.15) is 9.61 Å². The lowest BCUT2D eigenvalue weighted by Crippen LogP contribution is -2.14. The summed E-state index contributed by atoms with van der Waals surface area (Å²) in [5.41, 5.74) is 5.87. The SMILES string of the molecule is N[C@H]1CC[C@@H](c2nn3cnnc3s2)C1. The van der Waals surface area contributed by atoms with E-state index in [0.29, 0.717) is 12.0 Å². The summed E-state index contributed by atoms with van der Waals surface area (Å²) in [6.45, 7) is 0. The van der Waals surface area contributed by atoms with E-state index in [0.717, 1.165) is 29.2 Å². The molecule has 0 amide bonds. The van der Waals surface area contributed by atoms with Crippen LogP contribution in [0.2, 0.25) is 0 Å². The molecule has 2 heterocycles. The van der Waals surface area contributed by atoms with Crippen molar-refractivity contribution in [3.63, 3.8) is 0 Å². The van der Waals surface area contributed by atoms with Gasteiger partial charge in [0.05, 0.1) is 0 Å². The van der Waals surface area contributed by atoms with Gasteiger partial charge in [-0.05, 0) is 19.3 Å². The van der Waals surface area contributed by atoms with Gasteiger partial charge in [-0.1, -0.05) is 11.3 Å². The van der Waals surface area contributed by atoms with Crippen molar-refractivity contribution in [1.82, 2.24) is 19.8 Å². The third kappa shape index (κ3) is 1.22. The molecule has 0 saturated heterocycles. The fraction of sp³-hybridized carbons (Fsp3) is 0.625. The molecule has 0 bridgehead atoms. The van der Waals surface area contributed by atoms with Crippen LogP contribution in [0.5, 0.6) is 0 Å². The van der Waals surface area contributed by atoms with Crippen molar-refractivity contribution in [3.8, 4) is 0 Å². The third-order valence-corrected chi connectivity index (χ3v) is 3.80. The van der Waals surface area contributed by atoms with E-state index in [1.165, 1.54) is 0 Å². The van der Waals surface area contributed by atoms with E-state index < -0.39 is 0 Å². The summed E-state index contributed by atoms with van der Waals surface area (Å²) < 4.78 is 1.74. The molecule has 0 aromatic carbocycles. The molecule has 0 spiro atoms. The first-order valence-corrected chi connectivity index (χ1v) is 5.57. The minimum atomic E-state index is 0.356. The predicted octanol–water partition coefficient (Wildman–Crippen LogP) is 0.781. The van der Waals surface area contributed by atoms with Crippen molar-refractivity contribution in [3.05, 3.63) is 11.3 Å². The van der Waals surface area contributed by atoms with Crippen molar-refractivity contribution >= 4 is 16.3 Å². The Kier molecular flexibility index (Phi) is 1.78. The van der Waals surface area contributed by atoms with Crippen LogP contribution < -0.4 is 5.73 Å². The molecule has 74 valence electrons. The third-order valence-electron chi connectivity index (χ3n) is 2.72.